The lowest BCUT2D eigenvalue weighted by molar-refractivity contribution is -0.123. The van der Waals surface area contributed by atoms with Gasteiger partial charge in [-0.1, -0.05) is 29.8 Å². The fourth-order valence-corrected chi connectivity index (χ4v) is 2.44. The summed E-state index contributed by atoms with van der Waals surface area (Å²) in [6.45, 7) is 1.72. The van der Waals surface area contributed by atoms with Crippen LogP contribution >= 0.6 is 11.6 Å². The molecule has 0 aliphatic heterocycles. The monoisotopic (exact) mass is 347 g/mol. The molecule has 2 aromatic carbocycles. The summed E-state index contributed by atoms with van der Waals surface area (Å²) in [4.78, 5) is 23.3. The normalized spacial score (nSPS) is 11.5. The lowest BCUT2D eigenvalue weighted by Crippen LogP contribution is -2.31. The number of ether oxygens (including phenoxy) is 2. The number of amides is 1. The summed E-state index contributed by atoms with van der Waals surface area (Å²) in [6, 6.07) is 13.5. The van der Waals surface area contributed by atoms with Crippen LogP contribution in [-0.4, -0.2) is 25.6 Å². The van der Waals surface area contributed by atoms with Crippen LogP contribution in [-0.2, 0) is 9.53 Å². The van der Waals surface area contributed by atoms with E-state index in [-0.39, 0.29) is 18.6 Å². The summed E-state index contributed by atoms with van der Waals surface area (Å²) < 4.78 is 10.0. The van der Waals surface area contributed by atoms with Crippen molar-refractivity contribution in [3.63, 3.8) is 0 Å². The Morgan fingerprint density at radius 3 is 2.42 bits per heavy atom. The van der Waals surface area contributed by atoms with E-state index in [1.807, 2.05) is 25.1 Å². The van der Waals surface area contributed by atoms with Crippen molar-refractivity contribution in [2.24, 2.45) is 0 Å². The van der Waals surface area contributed by atoms with Crippen LogP contribution in [0.4, 0.5) is 0 Å². The highest BCUT2D eigenvalue weighted by Gasteiger charge is 2.13. The molecule has 0 saturated carbocycles. The van der Waals surface area contributed by atoms with E-state index in [9.17, 15) is 9.59 Å². The van der Waals surface area contributed by atoms with Crippen molar-refractivity contribution >= 4 is 23.5 Å². The first-order valence-corrected chi connectivity index (χ1v) is 7.74. The predicted octanol–water partition coefficient (Wildman–Crippen LogP) is 3.38. The Kier molecular flexibility index (Phi) is 6.21. The zero-order valence-corrected chi connectivity index (χ0v) is 14.2. The van der Waals surface area contributed by atoms with Gasteiger partial charge in [-0.15, -0.1) is 0 Å². The number of rotatable bonds is 6. The summed E-state index contributed by atoms with van der Waals surface area (Å²) in [5.41, 5.74) is 1.26. The Labute approximate surface area is 145 Å². The molecule has 0 unspecified atom stereocenters. The van der Waals surface area contributed by atoms with E-state index in [2.05, 4.69) is 10.1 Å². The maximum atomic E-state index is 12.0. The number of halogens is 1. The molecule has 0 saturated heterocycles. The Hall–Kier alpha value is -2.53. The van der Waals surface area contributed by atoms with Crippen LogP contribution in [0.3, 0.4) is 0 Å². The Balaban J connectivity index is 1.87. The van der Waals surface area contributed by atoms with Gasteiger partial charge in [0.05, 0.1) is 18.7 Å². The lowest BCUT2D eigenvalue weighted by atomic mass is 10.1. The molecule has 0 fully saturated rings. The van der Waals surface area contributed by atoms with Gasteiger partial charge in [0.2, 0.25) is 0 Å². The second-order valence-electron chi connectivity index (χ2n) is 5.12. The molecule has 0 bridgehead atoms. The number of carbonyl (C=O) groups excluding carboxylic acids is 2. The van der Waals surface area contributed by atoms with Crippen molar-refractivity contribution in [1.82, 2.24) is 5.32 Å². The van der Waals surface area contributed by atoms with Gasteiger partial charge >= 0.3 is 5.97 Å². The van der Waals surface area contributed by atoms with Crippen LogP contribution in [0.2, 0.25) is 5.02 Å². The first-order valence-electron chi connectivity index (χ1n) is 7.36. The van der Waals surface area contributed by atoms with Crippen LogP contribution in [0.25, 0.3) is 0 Å². The predicted molar refractivity (Wildman–Crippen MR) is 91.3 cm³/mol. The highest BCUT2D eigenvalue weighted by atomic mass is 35.5. The second kappa shape index (κ2) is 8.36. The van der Waals surface area contributed by atoms with Crippen molar-refractivity contribution in [2.45, 2.75) is 13.0 Å². The molecule has 0 radical (unpaired) electrons. The summed E-state index contributed by atoms with van der Waals surface area (Å²) in [6.07, 6.45) is 0. The van der Waals surface area contributed by atoms with Gasteiger partial charge in [-0.25, -0.2) is 4.79 Å². The fourth-order valence-electron chi connectivity index (χ4n) is 2.14. The third-order valence-corrected chi connectivity index (χ3v) is 3.74. The molecular weight excluding hydrogens is 330 g/mol. The average Bonchev–Trinajstić information content (AvgIpc) is 2.60. The van der Waals surface area contributed by atoms with E-state index in [1.54, 1.807) is 30.3 Å². The minimum Gasteiger partial charge on any atom is -0.484 e. The van der Waals surface area contributed by atoms with E-state index in [4.69, 9.17) is 16.3 Å². The van der Waals surface area contributed by atoms with Crippen molar-refractivity contribution in [3.05, 3.63) is 64.7 Å². The van der Waals surface area contributed by atoms with E-state index < -0.39 is 5.97 Å². The Bertz CT molecular complexity index is 715. The summed E-state index contributed by atoms with van der Waals surface area (Å²) in [5, 5.41) is 3.42. The minimum absolute atomic E-state index is 0.133. The van der Waals surface area contributed by atoms with Gasteiger partial charge in [-0.05, 0) is 42.8 Å². The van der Waals surface area contributed by atoms with E-state index in [0.717, 1.165) is 5.56 Å². The molecular formula is C18H18ClNO4. The van der Waals surface area contributed by atoms with Crippen LogP contribution in [0.1, 0.15) is 28.9 Å². The number of hydrogen-bond donors (Lipinski definition) is 1. The molecule has 0 spiro atoms. The number of hydrogen-bond acceptors (Lipinski definition) is 4. The standard InChI is InChI=1S/C18H18ClNO4/c1-12(15-5-3-4-6-16(15)19)20-17(21)11-24-14-9-7-13(8-10-14)18(22)23-2/h3-10,12H,11H2,1-2H3,(H,20,21)/t12-/m1/s1. The molecule has 0 aliphatic carbocycles. The molecule has 6 heteroatoms. The summed E-state index contributed by atoms with van der Waals surface area (Å²) >= 11 is 6.11. The summed E-state index contributed by atoms with van der Waals surface area (Å²) in [5.74, 6) is -0.199. The Morgan fingerprint density at radius 2 is 1.79 bits per heavy atom. The van der Waals surface area contributed by atoms with Gasteiger partial charge in [0.15, 0.2) is 6.61 Å². The highest BCUT2D eigenvalue weighted by molar-refractivity contribution is 6.31. The fraction of sp³-hybridized carbons (Fsp3) is 0.222. The van der Waals surface area contributed by atoms with Gasteiger partial charge in [0.1, 0.15) is 5.75 Å². The number of esters is 1. The quantitative estimate of drug-likeness (QED) is 0.813. The zero-order valence-electron chi connectivity index (χ0n) is 13.4. The van der Waals surface area contributed by atoms with Gasteiger partial charge in [-0.3, -0.25) is 4.79 Å². The first-order chi connectivity index (χ1) is 11.5. The smallest absolute Gasteiger partial charge is 0.337 e. The average molecular weight is 348 g/mol. The van der Waals surface area contributed by atoms with E-state index in [1.165, 1.54) is 7.11 Å². The molecule has 2 aromatic rings. The molecule has 5 nitrogen and oxygen atoms in total. The third-order valence-electron chi connectivity index (χ3n) is 3.39. The highest BCUT2D eigenvalue weighted by Crippen LogP contribution is 2.22. The molecule has 0 aromatic heterocycles. The molecule has 1 atom stereocenters. The maximum absolute atomic E-state index is 12.0. The number of carbonyl (C=O) groups is 2. The van der Waals surface area contributed by atoms with Crippen molar-refractivity contribution in [2.75, 3.05) is 13.7 Å². The molecule has 0 aliphatic rings. The number of benzene rings is 2. The van der Waals surface area contributed by atoms with Crippen LogP contribution in [0, 0.1) is 0 Å². The van der Waals surface area contributed by atoms with E-state index >= 15 is 0 Å². The third kappa shape index (κ3) is 4.73. The first kappa shape index (κ1) is 17.8. The van der Waals surface area contributed by atoms with Crippen molar-refractivity contribution < 1.29 is 19.1 Å². The van der Waals surface area contributed by atoms with Crippen molar-refractivity contribution in [1.29, 1.82) is 0 Å². The molecule has 2 rings (SSSR count). The second-order valence-corrected chi connectivity index (χ2v) is 5.52. The van der Waals surface area contributed by atoms with Gasteiger partial charge in [0.25, 0.3) is 5.91 Å². The largest absolute Gasteiger partial charge is 0.484 e. The van der Waals surface area contributed by atoms with Gasteiger partial charge < -0.3 is 14.8 Å². The maximum Gasteiger partial charge on any atom is 0.337 e. The van der Waals surface area contributed by atoms with Gasteiger partial charge in [0, 0.05) is 5.02 Å². The number of nitrogens with one attached hydrogen (secondary N) is 1. The summed E-state index contributed by atoms with van der Waals surface area (Å²) in [7, 11) is 1.32. The zero-order chi connectivity index (χ0) is 17.5. The van der Waals surface area contributed by atoms with Crippen LogP contribution in [0.15, 0.2) is 48.5 Å². The van der Waals surface area contributed by atoms with Crippen molar-refractivity contribution in [3.8, 4) is 5.75 Å². The molecule has 24 heavy (non-hydrogen) atoms. The minimum atomic E-state index is -0.423. The van der Waals surface area contributed by atoms with Gasteiger partial charge in [-0.2, -0.15) is 0 Å². The van der Waals surface area contributed by atoms with E-state index in [0.29, 0.717) is 16.3 Å². The lowest BCUT2D eigenvalue weighted by Gasteiger charge is -2.16. The molecule has 1 N–H and O–H groups in total. The molecule has 0 heterocycles. The molecule has 126 valence electrons. The molecule has 1 amide bonds. The topological polar surface area (TPSA) is 64.6 Å². The number of methoxy groups -OCH3 is 1. The van der Waals surface area contributed by atoms with Crippen LogP contribution < -0.4 is 10.1 Å². The Morgan fingerprint density at radius 1 is 1.12 bits per heavy atom. The van der Waals surface area contributed by atoms with Crippen LogP contribution in [0.5, 0.6) is 5.75 Å². The SMILES string of the molecule is COC(=O)c1ccc(OCC(=O)N[C@H](C)c2ccccc2Cl)cc1.